The lowest BCUT2D eigenvalue weighted by atomic mass is 9.95. The Morgan fingerprint density at radius 3 is 2.75 bits per heavy atom. The average Bonchev–Trinajstić information content (AvgIpc) is 2.61. The zero-order valence-electron chi connectivity index (χ0n) is 7.08. The monoisotopic (exact) mass is 186 g/mol. The van der Waals surface area contributed by atoms with Crippen LogP contribution in [0.1, 0.15) is 32.1 Å². The van der Waals surface area contributed by atoms with Crippen LogP contribution in [0.4, 0.5) is 0 Å². The second kappa shape index (κ2) is 2.95. The number of hydrogen-bond donors (Lipinski definition) is 1. The average molecular weight is 186 g/mol. The van der Waals surface area contributed by atoms with Crippen molar-refractivity contribution < 1.29 is 9.90 Å². The third-order valence-electron chi connectivity index (χ3n) is 3.01. The molecular formula is C9H14O2S. The number of carboxylic acid groups (broad SMARTS) is 1. The summed E-state index contributed by atoms with van der Waals surface area (Å²) in [6.45, 7) is 0. The van der Waals surface area contributed by atoms with E-state index in [0.29, 0.717) is 11.7 Å². The first-order chi connectivity index (χ1) is 5.73. The molecule has 0 bridgehead atoms. The van der Waals surface area contributed by atoms with Gasteiger partial charge in [0.1, 0.15) is 0 Å². The number of thioether (sulfide) groups is 1. The molecule has 2 nitrogen and oxygen atoms in total. The van der Waals surface area contributed by atoms with E-state index in [-0.39, 0.29) is 5.41 Å². The van der Waals surface area contributed by atoms with Gasteiger partial charge in [0.15, 0.2) is 0 Å². The highest BCUT2D eigenvalue weighted by Gasteiger charge is 2.51. The molecule has 0 aromatic heterocycles. The van der Waals surface area contributed by atoms with Crippen molar-refractivity contribution in [1.82, 2.24) is 0 Å². The van der Waals surface area contributed by atoms with Crippen LogP contribution in [0.3, 0.4) is 0 Å². The molecule has 1 N–H and O–H groups in total. The molecule has 2 aliphatic rings. The first kappa shape index (κ1) is 8.42. The third-order valence-corrected chi connectivity index (χ3v) is 4.67. The Kier molecular flexibility index (Phi) is 2.07. The van der Waals surface area contributed by atoms with E-state index < -0.39 is 5.97 Å². The van der Waals surface area contributed by atoms with Crippen molar-refractivity contribution in [2.75, 3.05) is 5.75 Å². The number of rotatable bonds is 3. The Labute approximate surface area is 76.7 Å². The summed E-state index contributed by atoms with van der Waals surface area (Å²) in [5, 5.41) is 9.40. The second-order valence-electron chi connectivity index (χ2n) is 3.93. The lowest BCUT2D eigenvalue weighted by Crippen LogP contribution is -2.19. The fourth-order valence-corrected chi connectivity index (χ4v) is 3.76. The predicted octanol–water partition coefficient (Wildman–Crippen LogP) is 2.14. The van der Waals surface area contributed by atoms with Gasteiger partial charge in [0, 0.05) is 5.25 Å². The molecule has 0 aromatic carbocycles. The zero-order chi connectivity index (χ0) is 8.60. The summed E-state index contributed by atoms with van der Waals surface area (Å²) in [6.07, 6.45) is 5.24. The summed E-state index contributed by atoms with van der Waals surface area (Å²) in [7, 11) is 0. The molecule has 0 spiro atoms. The number of carbonyl (C=O) groups is 1. The Morgan fingerprint density at radius 1 is 1.58 bits per heavy atom. The van der Waals surface area contributed by atoms with Gasteiger partial charge in [0.2, 0.25) is 0 Å². The summed E-state index contributed by atoms with van der Waals surface area (Å²) in [6, 6.07) is 0. The Hall–Kier alpha value is -0.180. The van der Waals surface area contributed by atoms with Crippen molar-refractivity contribution in [3.63, 3.8) is 0 Å². The van der Waals surface area contributed by atoms with E-state index in [1.807, 2.05) is 11.8 Å². The van der Waals surface area contributed by atoms with Crippen LogP contribution in [0, 0.1) is 5.41 Å². The van der Waals surface area contributed by atoms with Gasteiger partial charge in [0.25, 0.3) is 0 Å². The van der Waals surface area contributed by atoms with Crippen LogP contribution in [-0.4, -0.2) is 22.1 Å². The van der Waals surface area contributed by atoms with Gasteiger partial charge in [-0.1, -0.05) is 0 Å². The highest BCUT2D eigenvalue weighted by Crippen LogP contribution is 2.58. The summed E-state index contributed by atoms with van der Waals surface area (Å²) >= 11 is 1.99. The van der Waals surface area contributed by atoms with Gasteiger partial charge < -0.3 is 5.11 Å². The molecule has 2 rings (SSSR count). The minimum absolute atomic E-state index is 0.215. The first-order valence-electron chi connectivity index (χ1n) is 4.56. The van der Waals surface area contributed by atoms with Crippen molar-refractivity contribution >= 4 is 17.7 Å². The van der Waals surface area contributed by atoms with E-state index >= 15 is 0 Å². The summed E-state index contributed by atoms with van der Waals surface area (Å²) < 4.78 is 0. The van der Waals surface area contributed by atoms with Gasteiger partial charge in [-0.05, 0) is 36.9 Å². The SMILES string of the molecule is O=C(O)CC1(C2CCCS2)CC1. The van der Waals surface area contributed by atoms with E-state index in [9.17, 15) is 4.79 Å². The van der Waals surface area contributed by atoms with Crippen molar-refractivity contribution in [3.8, 4) is 0 Å². The summed E-state index contributed by atoms with van der Waals surface area (Å²) in [5.74, 6) is 0.631. The molecule has 3 heteroatoms. The molecule has 2 fully saturated rings. The summed E-state index contributed by atoms with van der Waals surface area (Å²) in [4.78, 5) is 10.6. The van der Waals surface area contributed by atoms with E-state index in [0.717, 1.165) is 12.8 Å². The minimum atomic E-state index is -0.611. The molecular weight excluding hydrogens is 172 g/mol. The molecule has 1 atom stereocenters. The van der Waals surface area contributed by atoms with E-state index in [4.69, 9.17) is 5.11 Å². The minimum Gasteiger partial charge on any atom is -0.481 e. The molecule has 1 aliphatic carbocycles. The van der Waals surface area contributed by atoms with Crippen LogP contribution in [0.5, 0.6) is 0 Å². The van der Waals surface area contributed by atoms with Crippen molar-refractivity contribution in [1.29, 1.82) is 0 Å². The largest absolute Gasteiger partial charge is 0.481 e. The van der Waals surface area contributed by atoms with E-state index in [2.05, 4.69) is 0 Å². The molecule has 68 valence electrons. The van der Waals surface area contributed by atoms with Crippen LogP contribution in [0.15, 0.2) is 0 Å². The molecule has 0 aromatic rings. The molecule has 1 saturated carbocycles. The van der Waals surface area contributed by atoms with Crippen molar-refractivity contribution in [2.24, 2.45) is 5.41 Å². The van der Waals surface area contributed by atoms with Gasteiger partial charge in [0.05, 0.1) is 6.42 Å². The Balaban J connectivity index is 1.95. The van der Waals surface area contributed by atoms with E-state index in [1.54, 1.807) is 0 Å². The van der Waals surface area contributed by atoms with Gasteiger partial charge in [-0.2, -0.15) is 11.8 Å². The first-order valence-corrected chi connectivity index (χ1v) is 5.61. The van der Waals surface area contributed by atoms with Crippen LogP contribution in [0.2, 0.25) is 0 Å². The maximum absolute atomic E-state index is 10.6. The molecule has 1 heterocycles. The number of carboxylic acids is 1. The van der Waals surface area contributed by atoms with E-state index in [1.165, 1.54) is 18.6 Å². The standard InChI is InChI=1S/C9H14O2S/c10-8(11)6-9(3-4-9)7-2-1-5-12-7/h7H,1-6H2,(H,10,11). The maximum Gasteiger partial charge on any atom is 0.303 e. The van der Waals surface area contributed by atoms with Crippen molar-refractivity contribution in [2.45, 2.75) is 37.4 Å². The van der Waals surface area contributed by atoms with Crippen LogP contribution >= 0.6 is 11.8 Å². The second-order valence-corrected chi connectivity index (χ2v) is 5.25. The predicted molar refractivity (Wildman–Crippen MR) is 49.4 cm³/mol. The lowest BCUT2D eigenvalue weighted by molar-refractivity contribution is -0.138. The fraction of sp³-hybridized carbons (Fsp3) is 0.889. The van der Waals surface area contributed by atoms with Crippen LogP contribution < -0.4 is 0 Å². The maximum atomic E-state index is 10.6. The smallest absolute Gasteiger partial charge is 0.303 e. The van der Waals surface area contributed by atoms with Crippen molar-refractivity contribution in [3.05, 3.63) is 0 Å². The van der Waals surface area contributed by atoms with Gasteiger partial charge >= 0.3 is 5.97 Å². The topological polar surface area (TPSA) is 37.3 Å². The fourth-order valence-electron chi connectivity index (χ4n) is 2.13. The van der Waals surface area contributed by atoms with Gasteiger partial charge in [-0.25, -0.2) is 0 Å². The number of hydrogen-bond acceptors (Lipinski definition) is 2. The molecule has 0 amide bonds. The Bertz CT molecular complexity index is 193. The third kappa shape index (κ3) is 1.47. The quantitative estimate of drug-likeness (QED) is 0.733. The lowest BCUT2D eigenvalue weighted by Gasteiger charge is -2.19. The molecule has 1 aliphatic heterocycles. The summed E-state index contributed by atoms with van der Waals surface area (Å²) in [5.41, 5.74) is 0.215. The van der Waals surface area contributed by atoms with Gasteiger partial charge in [-0.15, -0.1) is 0 Å². The molecule has 1 unspecified atom stereocenters. The van der Waals surface area contributed by atoms with Gasteiger partial charge in [-0.3, -0.25) is 4.79 Å². The normalized spacial score (nSPS) is 31.8. The van der Waals surface area contributed by atoms with Crippen LogP contribution in [-0.2, 0) is 4.79 Å². The molecule has 1 saturated heterocycles. The van der Waals surface area contributed by atoms with Crippen LogP contribution in [0.25, 0.3) is 0 Å². The molecule has 0 radical (unpaired) electrons. The zero-order valence-corrected chi connectivity index (χ0v) is 7.90. The highest BCUT2D eigenvalue weighted by atomic mass is 32.2. The highest BCUT2D eigenvalue weighted by molar-refractivity contribution is 8.00. The Morgan fingerprint density at radius 2 is 2.33 bits per heavy atom. The number of aliphatic carboxylic acids is 1. The molecule has 12 heavy (non-hydrogen) atoms.